The molecule has 0 saturated heterocycles. The number of carbonyl (C=O) groups is 1. The molecule has 0 aliphatic carbocycles. The molecule has 0 radical (unpaired) electrons. The van der Waals surface area contributed by atoms with Gasteiger partial charge in [0.15, 0.2) is 0 Å². The van der Waals surface area contributed by atoms with E-state index in [1.54, 1.807) is 18.2 Å². The Balaban J connectivity index is 1.88. The van der Waals surface area contributed by atoms with Crippen LogP contribution in [0.2, 0.25) is 0 Å². The number of phenolic OH excluding ortho intramolecular Hbond substituents is 1. The van der Waals surface area contributed by atoms with E-state index in [-0.39, 0.29) is 17.0 Å². The van der Waals surface area contributed by atoms with Crippen LogP contribution in [-0.2, 0) is 0 Å². The van der Waals surface area contributed by atoms with Crippen molar-refractivity contribution in [2.45, 2.75) is 6.92 Å². The second-order valence-electron chi connectivity index (χ2n) is 5.46. The molecule has 1 amide bonds. The van der Waals surface area contributed by atoms with Crippen molar-refractivity contribution in [1.29, 1.82) is 0 Å². The van der Waals surface area contributed by atoms with E-state index in [1.165, 1.54) is 12.1 Å². The van der Waals surface area contributed by atoms with Crippen LogP contribution in [0, 0.1) is 6.92 Å². The molecule has 0 saturated carbocycles. The maximum Gasteiger partial charge on any atom is 0.261 e. The molecule has 3 aromatic rings. The Labute approximate surface area is 138 Å². The monoisotopic (exact) mass is 320 g/mol. The molecular formula is C19H16N2O3. The van der Waals surface area contributed by atoms with Gasteiger partial charge in [-0.15, -0.1) is 0 Å². The van der Waals surface area contributed by atoms with Crippen molar-refractivity contribution in [2.24, 2.45) is 0 Å². The van der Waals surface area contributed by atoms with Crippen LogP contribution in [0.25, 0.3) is 11.3 Å². The first kappa shape index (κ1) is 15.6. The van der Waals surface area contributed by atoms with Gasteiger partial charge in [0.1, 0.15) is 11.3 Å². The van der Waals surface area contributed by atoms with E-state index in [9.17, 15) is 14.7 Å². The lowest BCUT2D eigenvalue weighted by Gasteiger charge is -2.08. The van der Waals surface area contributed by atoms with Gasteiger partial charge in [-0.2, -0.15) is 0 Å². The molecule has 0 fully saturated rings. The van der Waals surface area contributed by atoms with Crippen LogP contribution >= 0.6 is 0 Å². The van der Waals surface area contributed by atoms with Crippen LogP contribution in [0.1, 0.15) is 15.9 Å². The number of hydrogen-bond acceptors (Lipinski definition) is 3. The minimum atomic E-state index is -0.572. The number of carbonyl (C=O) groups excluding carboxylic acids is 1. The molecule has 5 nitrogen and oxygen atoms in total. The first-order valence-electron chi connectivity index (χ1n) is 7.44. The number of H-pyrrole nitrogens is 1. The van der Waals surface area contributed by atoms with Gasteiger partial charge in [0.2, 0.25) is 0 Å². The summed E-state index contributed by atoms with van der Waals surface area (Å²) in [5, 5.41) is 12.4. The maximum atomic E-state index is 12.3. The highest BCUT2D eigenvalue weighted by molar-refractivity contribution is 6.04. The molecule has 24 heavy (non-hydrogen) atoms. The van der Waals surface area contributed by atoms with Crippen LogP contribution in [0.4, 0.5) is 5.69 Å². The Morgan fingerprint density at radius 2 is 1.79 bits per heavy atom. The third-order valence-corrected chi connectivity index (χ3v) is 3.64. The average molecular weight is 320 g/mol. The molecule has 0 bridgehead atoms. The van der Waals surface area contributed by atoms with E-state index in [0.29, 0.717) is 5.69 Å². The summed E-state index contributed by atoms with van der Waals surface area (Å²) in [6, 6.07) is 17.4. The zero-order valence-electron chi connectivity index (χ0n) is 13.0. The number of aryl methyl sites for hydroxylation is 1. The van der Waals surface area contributed by atoms with Crippen molar-refractivity contribution >= 4 is 11.6 Å². The second kappa shape index (κ2) is 6.42. The van der Waals surface area contributed by atoms with E-state index < -0.39 is 11.5 Å². The van der Waals surface area contributed by atoms with Gasteiger partial charge in [-0.3, -0.25) is 9.59 Å². The topological polar surface area (TPSA) is 82.2 Å². The number of nitrogens with one attached hydrogen (secondary N) is 2. The SMILES string of the molecule is Cc1ccc(O)c(NC(=O)c2ccc(-c3ccccc3)[nH]c2=O)c1. The third kappa shape index (κ3) is 3.20. The summed E-state index contributed by atoms with van der Waals surface area (Å²) in [5.74, 6) is -0.622. The summed E-state index contributed by atoms with van der Waals surface area (Å²) in [5.41, 5.74) is 2.15. The summed E-state index contributed by atoms with van der Waals surface area (Å²) >= 11 is 0. The van der Waals surface area contributed by atoms with Crippen LogP contribution in [0.5, 0.6) is 5.75 Å². The normalized spacial score (nSPS) is 10.4. The number of aromatic amines is 1. The largest absolute Gasteiger partial charge is 0.506 e. The summed E-state index contributed by atoms with van der Waals surface area (Å²) in [4.78, 5) is 27.2. The zero-order chi connectivity index (χ0) is 17.1. The molecule has 1 aromatic heterocycles. The van der Waals surface area contributed by atoms with E-state index in [0.717, 1.165) is 11.1 Å². The van der Waals surface area contributed by atoms with Gasteiger partial charge in [0, 0.05) is 5.69 Å². The molecule has 0 aliphatic rings. The predicted molar refractivity (Wildman–Crippen MR) is 93.3 cm³/mol. The molecule has 0 spiro atoms. The fourth-order valence-corrected chi connectivity index (χ4v) is 2.38. The highest BCUT2D eigenvalue weighted by Gasteiger charge is 2.13. The number of hydrogen-bond donors (Lipinski definition) is 3. The van der Waals surface area contributed by atoms with Crippen molar-refractivity contribution in [1.82, 2.24) is 4.98 Å². The highest BCUT2D eigenvalue weighted by Crippen LogP contribution is 2.24. The Kier molecular flexibility index (Phi) is 4.16. The van der Waals surface area contributed by atoms with Gasteiger partial charge in [0.25, 0.3) is 11.5 Å². The molecule has 3 rings (SSSR count). The molecule has 3 N–H and O–H groups in total. The summed E-state index contributed by atoms with van der Waals surface area (Å²) in [6.45, 7) is 1.84. The molecule has 0 aliphatic heterocycles. The number of aromatic nitrogens is 1. The number of rotatable bonds is 3. The van der Waals surface area contributed by atoms with Crippen molar-refractivity contribution in [3.63, 3.8) is 0 Å². The molecule has 120 valence electrons. The fraction of sp³-hybridized carbons (Fsp3) is 0.0526. The van der Waals surface area contributed by atoms with Gasteiger partial charge in [-0.05, 0) is 42.3 Å². The lowest BCUT2D eigenvalue weighted by atomic mass is 10.1. The standard InChI is InChI=1S/C19H16N2O3/c1-12-7-10-17(22)16(11-12)21-19(24)14-8-9-15(20-18(14)23)13-5-3-2-4-6-13/h2-11,22H,1H3,(H,20,23)(H,21,24). The number of phenols is 1. The van der Waals surface area contributed by atoms with Gasteiger partial charge in [-0.25, -0.2) is 0 Å². The van der Waals surface area contributed by atoms with Crippen LogP contribution in [0.3, 0.4) is 0 Å². The van der Waals surface area contributed by atoms with Crippen molar-refractivity contribution in [2.75, 3.05) is 5.32 Å². The Morgan fingerprint density at radius 1 is 1.04 bits per heavy atom. The average Bonchev–Trinajstić information content (AvgIpc) is 2.58. The quantitative estimate of drug-likeness (QED) is 0.648. The molecule has 1 heterocycles. The van der Waals surface area contributed by atoms with Crippen molar-refractivity contribution in [3.8, 4) is 17.0 Å². The van der Waals surface area contributed by atoms with E-state index in [2.05, 4.69) is 10.3 Å². The summed E-state index contributed by atoms with van der Waals surface area (Å²) in [6.07, 6.45) is 0. The van der Waals surface area contributed by atoms with E-state index in [1.807, 2.05) is 37.3 Å². The van der Waals surface area contributed by atoms with Crippen LogP contribution < -0.4 is 10.9 Å². The third-order valence-electron chi connectivity index (χ3n) is 3.64. The minimum Gasteiger partial charge on any atom is -0.506 e. The second-order valence-corrected chi connectivity index (χ2v) is 5.46. The fourth-order valence-electron chi connectivity index (χ4n) is 2.38. The maximum absolute atomic E-state index is 12.3. The van der Waals surface area contributed by atoms with E-state index in [4.69, 9.17) is 0 Å². The first-order valence-corrected chi connectivity index (χ1v) is 7.44. The lowest BCUT2D eigenvalue weighted by Crippen LogP contribution is -2.23. The number of anilines is 1. The highest BCUT2D eigenvalue weighted by atomic mass is 16.3. The summed E-state index contributed by atoms with van der Waals surface area (Å²) < 4.78 is 0. The predicted octanol–water partition coefficient (Wildman–Crippen LogP) is 3.31. The van der Waals surface area contributed by atoms with Gasteiger partial charge < -0.3 is 15.4 Å². The first-order chi connectivity index (χ1) is 11.5. The summed E-state index contributed by atoms with van der Waals surface area (Å²) in [7, 11) is 0. The zero-order valence-corrected chi connectivity index (χ0v) is 13.0. The Bertz CT molecular complexity index is 946. The minimum absolute atomic E-state index is 0.0180. The molecule has 2 aromatic carbocycles. The molecular weight excluding hydrogens is 304 g/mol. The number of amides is 1. The number of pyridine rings is 1. The molecule has 0 atom stereocenters. The van der Waals surface area contributed by atoms with Crippen LogP contribution in [-0.4, -0.2) is 16.0 Å². The molecule has 5 heteroatoms. The van der Waals surface area contributed by atoms with Gasteiger partial charge in [0.05, 0.1) is 5.69 Å². The van der Waals surface area contributed by atoms with Crippen molar-refractivity contribution < 1.29 is 9.90 Å². The van der Waals surface area contributed by atoms with Gasteiger partial charge in [-0.1, -0.05) is 36.4 Å². The number of aromatic hydroxyl groups is 1. The van der Waals surface area contributed by atoms with Crippen LogP contribution in [0.15, 0.2) is 65.5 Å². The Morgan fingerprint density at radius 3 is 2.50 bits per heavy atom. The lowest BCUT2D eigenvalue weighted by molar-refractivity contribution is 0.102. The van der Waals surface area contributed by atoms with E-state index >= 15 is 0 Å². The smallest absolute Gasteiger partial charge is 0.261 e. The van der Waals surface area contributed by atoms with Crippen molar-refractivity contribution in [3.05, 3.63) is 82.1 Å². The van der Waals surface area contributed by atoms with Gasteiger partial charge >= 0.3 is 0 Å². The number of benzene rings is 2. The Hall–Kier alpha value is -3.34. The molecule has 0 unspecified atom stereocenters.